The molecule has 11 nitrogen and oxygen atoms in total. The van der Waals surface area contributed by atoms with E-state index in [4.69, 9.17) is 0 Å². The number of nitrogens with zero attached hydrogens (tertiary/aromatic N) is 7. The van der Waals surface area contributed by atoms with E-state index in [1.165, 1.54) is 0 Å². The normalized spacial score (nSPS) is 22.8. The molecule has 16 heavy (non-hydrogen) atoms. The van der Waals surface area contributed by atoms with Gasteiger partial charge in [-0.1, -0.05) is 5.10 Å². The Hall–Kier alpha value is -2.46. The van der Waals surface area contributed by atoms with Crippen LogP contribution < -0.4 is 0 Å². The van der Waals surface area contributed by atoms with Crippen molar-refractivity contribution >= 4 is 12.2 Å². The second kappa shape index (κ2) is 3.60. The highest BCUT2D eigenvalue weighted by Crippen LogP contribution is 2.22. The molecule has 0 radical (unpaired) electrons. The number of rotatable bonds is 3. The summed E-state index contributed by atoms with van der Waals surface area (Å²) in [6, 6.07) is -2.34. The van der Waals surface area contributed by atoms with E-state index in [0.717, 1.165) is 10.9 Å². The summed E-state index contributed by atoms with van der Waals surface area (Å²) in [5, 5.41) is 31.3. The molecule has 1 aromatic heterocycles. The minimum absolute atomic E-state index is 0.0324. The molecule has 0 amide bonds. The molecule has 2 atom stereocenters. The topological polar surface area (TPSA) is 142 Å². The molecule has 0 N–H and O–H groups in total. The van der Waals surface area contributed by atoms with E-state index >= 15 is 0 Å². The second-order valence-corrected chi connectivity index (χ2v) is 3.06. The van der Waals surface area contributed by atoms with Gasteiger partial charge >= 0.3 is 0 Å². The molecule has 0 spiro atoms. The van der Waals surface area contributed by atoms with Gasteiger partial charge in [0.25, 0.3) is 12.0 Å². The van der Waals surface area contributed by atoms with Gasteiger partial charge in [0.1, 0.15) is 0 Å². The monoisotopic (exact) mass is 227 g/mol. The first-order valence-corrected chi connectivity index (χ1v) is 4.17. The summed E-state index contributed by atoms with van der Waals surface area (Å²) in [6.07, 6.45) is 1.01. The Morgan fingerprint density at radius 1 is 1.44 bits per heavy atom. The fraction of sp³-hybridized carbons (Fsp3) is 0.600. The first-order valence-electron chi connectivity index (χ1n) is 4.17. The van der Waals surface area contributed by atoms with E-state index in [1.54, 1.807) is 0 Å². The standard InChI is InChI=1S/C5H5N7O4/c13-10(14)2-4-3(12(15)16)1-6-5-7-8-9-11(4)5/h1,3-4H,2H2. The van der Waals surface area contributed by atoms with Crippen LogP contribution in [0.25, 0.3) is 0 Å². The molecule has 0 bridgehead atoms. The first-order chi connectivity index (χ1) is 7.59. The lowest BCUT2D eigenvalue weighted by Crippen LogP contribution is -2.39. The van der Waals surface area contributed by atoms with Crippen LogP contribution in [0.5, 0.6) is 0 Å². The Labute approximate surface area is 87.1 Å². The third-order valence-electron chi connectivity index (χ3n) is 2.11. The number of nitro groups is 2. The summed E-state index contributed by atoms with van der Waals surface area (Å²) >= 11 is 0. The van der Waals surface area contributed by atoms with Gasteiger partial charge in [0, 0.05) is 9.85 Å². The van der Waals surface area contributed by atoms with Gasteiger partial charge in [0.15, 0.2) is 6.04 Å². The maximum atomic E-state index is 10.7. The first kappa shape index (κ1) is 10.1. The number of hydrogen-bond acceptors (Lipinski definition) is 8. The van der Waals surface area contributed by atoms with Gasteiger partial charge in [-0.3, -0.25) is 20.2 Å². The highest BCUT2D eigenvalue weighted by atomic mass is 16.6. The molecule has 0 saturated carbocycles. The van der Waals surface area contributed by atoms with Gasteiger partial charge in [0.05, 0.1) is 6.21 Å². The molecule has 0 saturated heterocycles. The van der Waals surface area contributed by atoms with E-state index in [-0.39, 0.29) is 5.95 Å². The molecule has 0 aliphatic carbocycles. The van der Waals surface area contributed by atoms with Crippen LogP contribution in [0.1, 0.15) is 6.04 Å². The number of tetrazole rings is 1. The van der Waals surface area contributed by atoms with Crippen LogP contribution >= 0.6 is 0 Å². The average molecular weight is 227 g/mol. The lowest BCUT2D eigenvalue weighted by Gasteiger charge is -2.17. The van der Waals surface area contributed by atoms with Gasteiger partial charge < -0.3 is 0 Å². The number of aromatic nitrogens is 4. The molecule has 2 rings (SSSR count). The maximum Gasteiger partial charge on any atom is 0.276 e. The van der Waals surface area contributed by atoms with Crippen LogP contribution in [0.15, 0.2) is 4.99 Å². The molecule has 1 aliphatic heterocycles. The Morgan fingerprint density at radius 2 is 2.19 bits per heavy atom. The minimum Gasteiger partial charge on any atom is -0.264 e. The summed E-state index contributed by atoms with van der Waals surface area (Å²) in [4.78, 5) is 23.5. The van der Waals surface area contributed by atoms with Crippen LogP contribution in [-0.2, 0) is 0 Å². The van der Waals surface area contributed by atoms with Crippen molar-refractivity contribution in [3.05, 3.63) is 20.2 Å². The number of aliphatic imine (C=N–C) groups is 1. The smallest absolute Gasteiger partial charge is 0.264 e. The van der Waals surface area contributed by atoms with Crippen molar-refractivity contribution in [3.8, 4) is 0 Å². The fourth-order valence-electron chi connectivity index (χ4n) is 1.41. The van der Waals surface area contributed by atoms with E-state index in [2.05, 4.69) is 20.5 Å². The lowest BCUT2D eigenvalue weighted by molar-refractivity contribution is -0.536. The maximum absolute atomic E-state index is 10.7. The zero-order valence-corrected chi connectivity index (χ0v) is 7.70. The van der Waals surface area contributed by atoms with E-state index in [1.807, 2.05) is 0 Å². The molecular formula is C5H5N7O4. The molecule has 2 heterocycles. The third-order valence-corrected chi connectivity index (χ3v) is 2.11. The Kier molecular flexibility index (Phi) is 2.27. The summed E-state index contributed by atoms with van der Waals surface area (Å²) in [6.45, 7) is -0.629. The summed E-state index contributed by atoms with van der Waals surface area (Å²) in [5.41, 5.74) is 0. The van der Waals surface area contributed by atoms with Crippen LogP contribution in [0, 0.1) is 20.2 Å². The molecule has 0 fully saturated rings. The van der Waals surface area contributed by atoms with E-state index < -0.39 is 28.5 Å². The van der Waals surface area contributed by atoms with Gasteiger partial charge in [0.2, 0.25) is 6.54 Å². The van der Waals surface area contributed by atoms with Crippen molar-refractivity contribution in [2.75, 3.05) is 6.54 Å². The van der Waals surface area contributed by atoms with Gasteiger partial charge in [-0.2, -0.15) is 4.68 Å². The number of fused-ring (bicyclic) bond motifs is 1. The van der Waals surface area contributed by atoms with Crippen molar-refractivity contribution in [2.24, 2.45) is 4.99 Å². The number of hydrogen-bond donors (Lipinski definition) is 0. The minimum atomic E-state index is -1.29. The van der Waals surface area contributed by atoms with Crippen LogP contribution in [0.2, 0.25) is 0 Å². The average Bonchev–Trinajstić information content (AvgIpc) is 2.64. The summed E-state index contributed by atoms with van der Waals surface area (Å²) < 4.78 is 0.996. The lowest BCUT2D eigenvalue weighted by atomic mass is 10.1. The molecule has 84 valence electrons. The van der Waals surface area contributed by atoms with Crippen molar-refractivity contribution < 1.29 is 9.85 Å². The summed E-state index contributed by atoms with van der Waals surface area (Å²) in [5.74, 6) is 0.0324. The van der Waals surface area contributed by atoms with E-state index in [9.17, 15) is 20.2 Å². The molecular weight excluding hydrogens is 222 g/mol. The van der Waals surface area contributed by atoms with Gasteiger partial charge in [-0.25, -0.2) is 4.99 Å². The molecule has 1 aliphatic rings. The predicted octanol–water partition coefficient (Wildman–Crippen LogP) is -1.15. The van der Waals surface area contributed by atoms with Gasteiger partial charge in [-0.05, 0) is 10.4 Å². The van der Waals surface area contributed by atoms with Crippen LogP contribution in [-0.4, -0.2) is 48.9 Å². The highest BCUT2D eigenvalue weighted by Gasteiger charge is 2.40. The SMILES string of the molecule is O=[N+]([O-])CC1C([N+](=O)[O-])C=Nc2nnnn21. The molecule has 0 aromatic carbocycles. The zero-order chi connectivity index (χ0) is 11.7. The van der Waals surface area contributed by atoms with Crippen molar-refractivity contribution in [1.29, 1.82) is 0 Å². The van der Waals surface area contributed by atoms with Crippen molar-refractivity contribution in [2.45, 2.75) is 12.1 Å². The van der Waals surface area contributed by atoms with Crippen molar-refractivity contribution in [1.82, 2.24) is 20.2 Å². The Bertz CT molecular complexity index is 467. The third kappa shape index (κ3) is 1.57. The molecule has 1 aromatic rings. The fourth-order valence-corrected chi connectivity index (χ4v) is 1.41. The van der Waals surface area contributed by atoms with Crippen LogP contribution in [0.4, 0.5) is 5.95 Å². The predicted molar refractivity (Wildman–Crippen MR) is 47.6 cm³/mol. The molecule has 2 unspecified atom stereocenters. The molecule has 11 heteroatoms. The van der Waals surface area contributed by atoms with Crippen LogP contribution in [0.3, 0.4) is 0 Å². The largest absolute Gasteiger partial charge is 0.276 e. The Morgan fingerprint density at radius 3 is 2.81 bits per heavy atom. The Balaban J connectivity index is 2.38. The van der Waals surface area contributed by atoms with Gasteiger partial charge in [-0.15, -0.1) is 0 Å². The van der Waals surface area contributed by atoms with Crippen molar-refractivity contribution in [3.63, 3.8) is 0 Å². The second-order valence-electron chi connectivity index (χ2n) is 3.06. The zero-order valence-electron chi connectivity index (χ0n) is 7.70. The highest BCUT2D eigenvalue weighted by molar-refractivity contribution is 5.68. The summed E-state index contributed by atoms with van der Waals surface area (Å²) in [7, 11) is 0. The quantitative estimate of drug-likeness (QED) is 0.468. The van der Waals surface area contributed by atoms with E-state index in [0.29, 0.717) is 0 Å².